The molecule has 0 aromatic heterocycles. The topological polar surface area (TPSA) is 60.7 Å². The first kappa shape index (κ1) is 24.0. The Morgan fingerprint density at radius 1 is 0.633 bits per heavy atom. The number of benzene rings is 2. The summed E-state index contributed by atoms with van der Waals surface area (Å²) >= 11 is 0. The lowest BCUT2D eigenvalue weighted by atomic mass is 10.0. The van der Waals surface area contributed by atoms with Crippen molar-refractivity contribution < 1.29 is 15.3 Å². The first-order valence-corrected chi connectivity index (χ1v) is 11.5. The van der Waals surface area contributed by atoms with Crippen LogP contribution in [0.25, 0.3) is 12.2 Å². The van der Waals surface area contributed by atoms with Gasteiger partial charge in [0.1, 0.15) is 11.5 Å². The second kappa shape index (κ2) is 13.9. The Morgan fingerprint density at radius 2 is 1.10 bits per heavy atom. The molecular weight excluding hydrogens is 372 g/mol. The Morgan fingerprint density at radius 3 is 1.63 bits per heavy atom. The molecule has 0 bridgehead atoms. The van der Waals surface area contributed by atoms with Gasteiger partial charge in [-0.2, -0.15) is 0 Å². The third-order valence-electron chi connectivity index (χ3n) is 5.61. The minimum atomic E-state index is 0.182. The van der Waals surface area contributed by atoms with E-state index in [1.807, 2.05) is 12.2 Å². The molecule has 0 amide bonds. The van der Waals surface area contributed by atoms with Crippen molar-refractivity contribution in [2.45, 2.75) is 77.6 Å². The average molecular weight is 411 g/mol. The molecule has 0 aliphatic rings. The van der Waals surface area contributed by atoms with Crippen LogP contribution in [-0.4, -0.2) is 21.9 Å². The van der Waals surface area contributed by atoms with E-state index in [1.165, 1.54) is 44.1 Å². The Labute approximate surface area is 182 Å². The molecule has 3 nitrogen and oxygen atoms in total. The van der Waals surface area contributed by atoms with E-state index in [-0.39, 0.29) is 11.5 Å². The molecule has 2 aromatic carbocycles. The van der Waals surface area contributed by atoms with E-state index in [0.29, 0.717) is 18.6 Å². The third kappa shape index (κ3) is 9.04. The number of hydrogen-bond acceptors (Lipinski definition) is 3. The molecule has 0 radical (unpaired) electrons. The molecule has 0 spiro atoms. The fourth-order valence-corrected chi connectivity index (χ4v) is 3.71. The molecule has 0 atom stereocenters. The fraction of sp³-hybridized carbons (Fsp3) is 0.481. The molecule has 2 rings (SSSR count). The van der Waals surface area contributed by atoms with Gasteiger partial charge >= 0.3 is 0 Å². The van der Waals surface area contributed by atoms with E-state index in [9.17, 15) is 10.2 Å². The number of phenolic OH excluding ortho intramolecular Hbond substituents is 2. The summed E-state index contributed by atoms with van der Waals surface area (Å²) in [5.74, 6) is 0.364. The molecule has 0 fully saturated rings. The summed E-state index contributed by atoms with van der Waals surface area (Å²) in [7, 11) is 0. The number of phenols is 2. The number of rotatable bonds is 14. The quantitative estimate of drug-likeness (QED) is 0.232. The van der Waals surface area contributed by atoms with Gasteiger partial charge in [0, 0.05) is 12.2 Å². The van der Waals surface area contributed by atoms with E-state index < -0.39 is 0 Å². The van der Waals surface area contributed by atoms with Crippen molar-refractivity contribution in [3.05, 3.63) is 58.7 Å². The number of hydrogen-bond donors (Lipinski definition) is 3. The number of unbranched alkanes of at least 4 members (excludes halogenated alkanes) is 9. The van der Waals surface area contributed by atoms with Crippen LogP contribution in [0.15, 0.2) is 36.4 Å². The largest absolute Gasteiger partial charge is 0.508 e. The zero-order valence-electron chi connectivity index (χ0n) is 18.4. The van der Waals surface area contributed by atoms with Crippen LogP contribution >= 0.6 is 0 Å². The molecule has 0 saturated heterocycles. The SMILES string of the molecule is Cc1ccc(/C=C/c2cc(O)c(CCCCCCCCCCCCO)c(O)c2)cc1. The molecule has 2 aromatic rings. The predicted molar refractivity (Wildman–Crippen MR) is 127 cm³/mol. The Kier molecular flexibility index (Phi) is 11.1. The smallest absolute Gasteiger partial charge is 0.123 e. The van der Waals surface area contributed by atoms with Gasteiger partial charge in [-0.1, -0.05) is 93.3 Å². The van der Waals surface area contributed by atoms with Crippen molar-refractivity contribution >= 4 is 12.2 Å². The molecule has 3 N–H and O–H groups in total. The molecule has 0 aliphatic carbocycles. The summed E-state index contributed by atoms with van der Waals surface area (Å²) in [4.78, 5) is 0. The van der Waals surface area contributed by atoms with Gasteiger partial charge in [-0.05, 0) is 49.4 Å². The van der Waals surface area contributed by atoms with Crippen LogP contribution in [0.4, 0.5) is 0 Å². The fourth-order valence-electron chi connectivity index (χ4n) is 3.71. The summed E-state index contributed by atoms with van der Waals surface area (Å²) in [6.07, 6.45) is 16.3. The number of aryl methyl sites for hydroxylation is 1. The zero-order valence-corrected chi connectivity index (χ0v) is 18.4. The monoisotopic (exact) mass is 410 g/mol. The molecule has 3 heteroatoms. The van der Waals surface area contributed by atoms with Crippen molar-refractivity contribution in [2.75, 3.05) is 6.61 Å². The number of aromatic hydroxyl groups is 2. The molecule has 0 heterocycles. The second-order valence-electron chi connectivity index (χ2n) is 8.29. The van der Waals surface area contributed by atoms with Crippen molar-refractivity contribution in [1.29, 1.82) is 0 Å². The Bertz CT molecular complexity index is 739. The first-order valence-electron chi connectivity index (χ1n) is 11.5. The van der Waals surface area contributed by atoms with E-state index in [1.54, 1.807) is 12.1 Å². The van der Waals surface area contributed by atoms with Crippen LogP contribution in [0, 0.1) is 6.92 Å². The van der Waals surface area contributed by atoms with Crippen LogP contribution in [-0.2, 0) is 6.42 Å². The maximum atomic E-state index is 10.4. The number of aliphatic hydroxyl groups is 1. The number of aliphatic hydroxyl groups excluding tert-OH is 1. The molecule has 164 valence electrons. The molecule has 0 unspecified atom stereocenters. The van der Waals surface area contributed by atoms with E-state index >= 15 is 0 Å². The second-order valence-corrected chi connectivity index (χ2v) is 8.29. The molecular formula is C27H38O3. The highest BCUT2D eigenvalue weighted by Crippen LogP contribution is 2.31. The standard InChI is InChI=1S/C27H38O3/c1-22-13-15-23(16-14-22)17-18-24-20-26(29)25(27(30)21-24)12-10-8-6-4-2-3-5-7-9-11-19-28/h13-18,20-21,28-30H,2-12,19H2,1H3/b18-17+. The lowest BCUT2D eigenvalue weighted by Gasteiger charge is -2.09. The van der Waals surface area contributed by atoms with Gasteiger partial charge in [-0.15, -0.1) is 0 Å². The highest BCUT2D eigenvalue weighted by atomic mass is 16.3. The predicted octanol–water partition coefficient (Wildman–Crippen LogP) is 7.01. The van der Waals surface area contributed by atoms with Gasteiger partial charge < -0.3 is 15.3 Å². The molecule has 0 saturated carbocycles. The van der Waals surface area contributed by atoms with Gasteiger partial charge in [-0.25, -0.2) is 0 Å². The minimum Gasteiger partial charge on any atom is -0.508 e. The van der Waals surface area contributed by atoms with Gasteiger partial charge in [0.05, 0.1) is 0 Å². The normalized spacial score (nSPS) is 11.4. The van der Waals surface area contributed by atoms with Crippen LogP contribution in [0.3, 0.4) is 0 Å². The van der Waals surface area contributed by atoms with Crippen molar-refractivity contribution in [1.82, 2.24) is 0 Å². The Hall–Kier alpha value is -2.26. The summed E-state index contributed by atoms with van der Waals surface area (Å²) in [6.45, 7) is 2.38. The van der Waals surface area contributed by atoms with E-state index in [0.717, 1.165) is 36.8 Å². The van der Waals surface area contributed by atoms with E-state index in [2.05, 4.69) is 31.2 Å². The van der Waals surface area contributed by atoms with E-state index in [4.69, 9.17) is 5.11 Å². The summed E-state index contributed by atoms with van der Waals surface area (Å²) in [5.41, 5.74) is 3.77. The average Bonchev–Trinajstić information content (AvgIpc) is 2.73. The lowest BCUT2D eigenvalue weighted by Crippen LogP contribution is -1.90. The van der Waals surface area contributed by atoms with Crippen molar-refractivity contribution in [3.63, 3.8) is 0 Å². The summed E-state index contributed by atoms with van der Waals surface area (Å²) < 4.78 is 0. The Balaban J connectivity index is 1.69. The summed E-state index contributed by atoms with van der Waals surface area (Å²) in [6, 6.07) is 11.7. The van der Waals surface area contributed by atoms with Crippen LogP contribution in [0.1, 0.15) is 86.5 Å². The van der Waals surface area contributed by atoms with Crippen LogP contribution in [0.5, 0.6) is 11.5 Å². The molecule has 0 aliphatic heterocycles. The van der Waals surface area contributed by atoms with Crippen LogP contribution in [0.2, 0.25) is 0 Å². The highest BCUT2D eigenvalue weighted by molar-refractivity contribution is 5.71. The van der Waals surface area contributed by atoms with Gasteiger partial charge in [-0.3, -0.25) is 0 Å². The van der Waals surface area contributed by atoms with Crippen molar-refractivity contribution in [3.8, 4) is 11.5 Å². The zero-order chi connectivity index (χ0) is 21.6. The van der Waals surface area contributed by atoms with Gasteiger partial charge in [0.2, 0.25) is 0 Å². The third-order valence-corrected chi connectivity index (χ3v) is 5.61. The maximum absolute atomic E-state index is 10.4. The van der Waals surface area contributed by atoms with Gasteiger partial charge in [0.25, 0.3) is 0 Å². The molecule has 30 heavy (non-hydrogen) atoms. The maximum Gasteiger partial charge on any atom is 0.123 e. The first-order chi connectivity index (χ1) is 14.6. The summed E-state index contributed by atoms with van der Waals surface area (Å²) in [5, 5.41) is 29.5. The van der Waals surface area contributed by atoms with Crippen molar-refractivity contribution in [2.24, 2.45) is 0 Å². The van der Waals surface area contributed by atoms with Crippen LogP contribution < -0.4 is 0 Å². The highest BCUT2D eigenvalue weighted by Gasteiger charge is 2.09. The van der Waals surface area contributed by atoms with Gasteiger partial charge in [0.15, 0.2) is 0 Å². The minimum absolute atomic E-state index is 0.182. The lowest BCUT2D eigenvalue weighted by molar-refractivity contribution is 0.282.